The number of nitrogens with two attached hydrogens (primary N) is 1. The zero-order chi connectivity index (χ0) is 29.1. The first-order valence-corrected chi connectivity index (χ1v) is 11.5. The second kappa shape index (κ2) is 9.51. The van der Waals surface area contributed by atoms with E-state index >= 15 is 0 Å². The lowest BCUT2D eigenvalue weighted by Gasteiger charge is -2.52. The molecule has 1 unspecified atom stereocenters. The van der Waals surface area contributed by atoms with E-state index in [0.29, 0.717) is 0 Å². The number of nitrogens with zero attached hydrogens (tertiary/aromatic N) is 1. The average Bonchev–Trinajstić information content (AvgIpc) is 2.79. The quantitative estimate of drug-likeness (QED) is 0.223. The smallest absolute Gasteiger partial charge is 0.332 e. The number of primary amides is 1. The standard InChI is InChI=1S/C22H24N2O8.C3H6O3/c1-21(31)8-5-4-6-11(25)12(8)16(26)13-9(21)7-10-15(24(2)3)17(27)14(20(23)30)19(29)22(10,32)18(13)28;1-2(4)3(5)6/h4-6,9-10,15,25,27-28,31-32H,7H2,1-3H3,(H2,23,30);2,4H,1H3,(H,5,6)/t9-,10-,15-,21+,22-;/m0./s1. The van der Waals surface area contributed by atoms with E-state index in [9.17, 15) is 44.7 Å². The number of hydrogen-bond donors (Lipinski definition) is 8. The number of aliphatic hydroxyl groups excluding tert-OH is 3. The summed E-state index contributed by atoms with van der Waals surface area (Å²) in [6.45, 7) is 2.60. The van der Waals surface area contributed by atoms with Gasteiger partial charge in [0.1, 0.15) is 28.9 Å². The Bertz CT molecular complexity index is 1290. The Labute approximate surface area is 216 Å². The van der Waals surface area contributed by atoms with Crippen molar-refractivity contribution in [3.63, 3.8) is 0 Å². The zero-order valence-corrected chi connectivity index (χ0v) is 21.0. The Hall–Kier alpha value is -3.78. The minimum atomic E-state index is -2.75. The van der Waals surface area contributed by atoms with Gasteiger partial charge in [0, 0.05) is 17.4 Å². The van der Waals surface area contributed by atoms with Crippen LogP contribution in [0.2, 0.25) is 0 Å². The fourth-order valence-electron chi connectivity index (χ4n) is 5.51. The van der Waals surface area contributed by atoms with Crippen LogP contribution >= 0.6 is 0 Å². The molecular weight excluding hydrogens is 504 g/mol. The molecule has 4 rings (SSSR count). The van der Waals surface area contributed by atoms with Crippen LogP contribution in [0.4, 0.5) is 0 Å². The van der Waals surface area contributed by atoms with E-state index in [1.54, 1.807) is 0 Å². The Morgan fingerprint density at radius 2 is 1.68 bits per heavy atom. The number of carbonyl (C=O) groups is 4. The highest BCUT2D eigenvalue weighted by Gasteiger charge is 2.65. The van der Waals surface area contributed by atoms with Gasteiger partial charge in [-0.25, -0.2) is 4.79 Å². The highest BCUT2D eigenvalue weighted by molar-refractivity contribution is 6.24. The summed E-state index contributed by atoms with van der Waals surface area (Å²) >= 11 is 0. The molecule has 206 valence electrons. The third-order valence-corrected chi connectivity index (χ3v) is 7.38. The lowest BCUT2D eigenvalue weighted by Crippen LogP contribution is -2.65. The van der Waals surface area contributed by atoms with E-state index in [1.165, 1.54) is 51.0 Å². The third-order valence-electron chi connectivity index (χ3n) is 7.38. The first kappa shape index (κ1) is 28.8. The number of Topliss-reactive ketones (excluding diaryl/α,β-unsaturated/α-hetero) is 2. The molecule has 6 atom stereocenters. The molecule has 0 saturated heterocycles. The van der Waals surface area contributed by atoms with E-state index in [0.717, 1.165) is 0 Å². The predicted octanol–water partition coefficient (Wildman–Crippen LogP) is -0.763. The SMILES string of the molecule is CC(O)C(=O)O.CN(C)[C@@H]1C(O)=C(C(N)=O)C(=O)[C@@]2(O)C(O)=C3C(=O)c4c(O)cccc4[C@@](C)(O)[C@H]3C[C@@H]12. The van der Waals surface area contributed by atoms with Crippen LogP contribution in [0.5, 0.6) is 5.75 Å². The molecule has 3 aliphatic rings. The van der Waals surface area contributed by atoms with Crippen LogP contribution in [0, 0.1) is 11.8 Å². The first-order valence-electron chi connectivity index (χ1n) is 11.5. The lowest BCUT2D eigenvalue weighted by molar-refractivity contribution is -0.152. The maximum Gasteiger partial charge on any atom is 0.332 e. The molecule has 0 spiro atoms. The Balaban J connectivity index is 0.000000599. The number of amides is 1. The van der Waals surface area contributed by atoms with Crippen molar-refractivity contribution in [1.82, 2.24) is 4.90 Å². The molecule has 38 heavy (non-hydrogen) atoms. The molecule has 0 bridgehead atoms. The minimum absolute atomic E-state index is 0.135. The molecule has 1 aromatic rings. The number of aliphatic carboxylic acids is 1. The van der Waals surface area contributed by atoms with Crippen molar-refractivity contribution < 1.29 is 54.9 Å². The number of phenols is 1. The van der Waals surface area contributed by atoms with E-state index in [-0.39, 0.29) is 17.5 Å². The summed E-state index contributed by atoms with van der Waals surface area (Å²) < 4.78 is 0. The van der Waals surface area contributed by atoms with Gasteiger partial charge in [0.2, 0.25) is 5.78 Å². The molecule has 9 N–H and O–H groups in total. The number of fused-ring (bicyclic) bond motifs is 3. The van der Waals surface area contributed by atoms with Gasteiger partial charge < -0.3 is 41.5 Å². The second-order valence-corrected chi connectivity index (χ2v) is 9.98. The number of phenolic OH excluding ortho intramolecular Hbond substituents is 1. The van der Waals surface area contributed by atoms with Gasteiger partial charge in [0.05, 0.1) is 17.2 Å². The molecule has 0 fully saturated rings. The van der Waals surface area contributed by atoms with Crippen LogP contribution in [0.1, 0.15) is 36.2 Å². The molecule has 0 aromatic heterocycles. The number of carbonyl (C=O) groups excluding carboxylic acids is 3. The number of likely N-dealkylation sites (N-methyl/N-ethyl adjacent to an activating group) is 1. The van der Waals surface area contributed by atoms with Crippen molar-refractivity contribution >= 4 is 23.4 Å². The first-order chi connectivity index (χ1) is 17.4. The second-order valence-electron chi connectivity index (χ2n) is 9.98. The van der Waals surface area contributed by atoms with Crippen molar-refractivity contribution in [2.45, 2.75) is 43.6 Å². The Morgan fingerprint density at radius 1 is 1.13 bits per heavy atom. The summed E-state index contributed by atoms with van der Waals surface area (Å²) in [7, 11) is 3.06. The molecule has 0 aliphatic heterocycles. The van der Waals surface area contributed by atoms with Gasteiger partial charge in [-0.15, -0.1) is 0 Å². The van der Waals surface area contributed by atoms with Gasteiger partial charge in [-0.3, -0.25) is 19.3 Å². The molecule has 3 aliphatic carbocycles. The lowest BCUT2D eigenvalue weighted by atomic mass is 9.55. The van der Waals surface area contributed by atoms with E-state index < -0.39 is 87.0 Å². The fourth-order valence-corrected chi connectivity index (χ4v) is 5.51. The van der Waals surface area contributed by atoms with Crippen molar-refractivity contribution in [3.8, 4) is 5.75 Å². The minimum Gasteiger partial charge on any atom is -0.510 e. The monoisotopic (exact) mass is 534 g/mol. The van der Waals surface area contributed by atoms with Crippen molar-refractivity contribution in [2.24, 2.45) is 17.6 Å². The largest absolute Gasteiger partial charge is 0.510 e. The van der Waals surface area contributed by atoms with Crippen LogP contribution in [-0.2, 0) is 20.0 Å². The summed E-state index contributed by atoms with van der Waals surface area (Å²) in [5, 5.41) is 70.8. The number of aliphatic hydroxyl groups is 5. The summed E-state index contributed by atoms with van der Waals surface area (Å²) in [5.41, 5.74) is -0.654. The predicted molar refractivity (Wildman–Crippen MR) is 129 cm³/mol. The molecule has 1 amide bonds. The maximum atomic E-state index is 13.3. The summed E-state index contributed by atoms with van der Waals surface area (Å²) in [6, 6.07) is 3.05. The van der Waals surface area contributed by atoms with Crippen LogP contribution < -0.4 is 5.73 Å². The van der Waals surface area contributed by atoms with Gasteiger partial charge in [0.25, 0.3) is 5.91 Å². The summed E-state index contributed by atoms with van der Waals surface area (Å²) in [5.74, 6) is -9.08. The number of aromatic hydroxyl groups is 1. The zero-order valence-electron chi connectivity index (χ0n) is 21.0. The summed E-state index contributed by atoms with van der Waals surface area (Å²) in [4.78, 5) is 49.3. The van der Waals surface area contributed by atoms with Gasteiger partial charge in [-0.05, 0) is 46.0 Å². The number of hydrogen-bond acceptors (Lipinski definition) is 11. The Kier molecular flexibility index (Phi) is 7.20. The topological polar surface area (TPSA) is 239 Å². The molecule has 1 aromatic carbocycles. The number of rotatable bonds is 3. The number of benzene rings is 1. The van der Waals surface area contributed by atoms with Crippen LogP contribution in [-0.4, -0.2) is 95.9 Å². The highest BCUT2D eigenvalue weighted by Crippen LogP contribution is 2.56. The molecule has 0 radical (unpaired) electrons. The van der Waals surface area contributed by atoms with Gasteiger partial charge in [0.15, 0.2) is 11.4 Å². The molecule has 0 heterocycles. The Morgan fingerprint density at radius 3 is 2.16 bits per heavy atom. The van der Waals surface area contributed by atoms with Crippen LogP contribution in [0.25, 0.3) is 0 Å². The van der Waals surface area contributed by atoms with E-state index in [1.807, 2.05) is 0 Å². The molecule has 13 nitrogen and oxygen atoms in total. The van der Waals surface area contributed by atoms with E-state index in [4.69, 9.17) is 15.9 Å². The third kappa shape index (κ3) is 4.04. The molecule has 0 saturated carbocycles. The fraction of sp³-hybridized carbons (Fsp3) is 0.440. The average molecular weight is 535 g/mol. The van der Waals surface area contributed by atoms with Gasteiger partial charge in [-0.1, -0.05) is 12.1 Å². The van der Waals surface area contributed by atoms with Gasteiger partial charge >= 0.3 is 5.97 Å². The number of carboxylic acid groups (broad SMARTS) is 1. The number of carboxylic acids is 1. The molecule has 13 heteroatoms. The normalized spacial score (nSPS) is 31.1. The van der Waals surface area contributed by atoms with Crippen LogP contribution in [0.3, 0.4) is 0 Å². The van der Waals surface area contributed by atoms with E-state index in [2.05, 4.69) is 0 Å². The van der Waals surface area contributed by atoms with Gasteiger partial charge in [-0.2, -0.15) is 0 Å². The van der Waals surface area contributed by atoms with Crippen molar-refractivity contribution in [3.05, 3.63) is 52.0 Å². The van der Waals surface area contributed by atoms with Crippen molar-refractivity contribution in [2.75, 3.05) is 14.1 Å². The van der Waals surface area contributed by atoms with Crippen LogP contribution in [0.15, 0.2) is 40.9 Å². The maximum absolute atomic E-state index is 13.3. The summed E-state index contributed by atoms with van der Waals surface area (Å²) in [6.07, 6.45) is -1.43. The van der Waals surface area contributed by atoms with Crippen molar-refractivity contribution in [1.29, 1.82) is 0 Å². The highest BCUT2D eigenvalue weighted by atomic mass is 16.4. The molecular formula is C25H30N2O11. The number of ketones is 2.